The van der Waals surface area contributed by atoms with Gasteiger partial charge in [-0.3, -0.25) is 9.69 Å². The van der Waals surface area contributed by atoms with E-state index in [1.807, 2.05) is 0 Å². The van der Waals surface area contributed by atoms with Crippen LogP contribution < -0.4 is 15.4 Å². The molecule has 3 rings (SSSR count). The molecule has 1 aromatic carbocycles. The molecular formula is C20H16Cl2F3N5OS. The molecule has 0 aliphatic carbocycles. The van der Waals surface area contributed by atoms with Gasteiger partial charge in [-0.2, -0.15) is 13.2 Å². The summed E-state index contributed by atoms with van der Waals surface area (Å²) in [6.45, 7) is 2.03. The van der Waals surface area contributed by atoms with Crippen molar-refractivity contribution in [1.29, 1.82) is 0 Å². The first-order valence-electron chi connectivity index (χ1n) is 9.09. The van der Waals surface area contributed by atoms with Crippen LogP contribution >= 0.6 is 35.1 Å². The van der Waals surface area contributed by atoms with Crippen LogP contribution in [0.1, 0.15) is 23.0 Å². The van der Waals surface area contributed by atoms with Gasteiger partial charge in [0.1, 0.15) is 11.6 Å². The molecule has 6 nitrogen and oxygen atoms in total. The SMILES string of the molecule is CCN(C(=O)c1ncc(Cl)cc1NSc1ccc(Cl)c(C(F)(F)F)c1)c1cccc(N)n1. The lowest BCUT2D eigenvalue weighted by atomic mass is 10.2. The zero-order chi connectivity index (χ0) is 23.5. The van der Waals surface area contributed by atoms with Crippen LogP contribution in [-0.2, 0) is 6.18 Å². The van der Waals surface area contributed by atoms with Crippen LogP contribution in [0, 0.1) is 0 Å². The highest BCUT2D eigenvalue weighted by atomic mass is 35.5. The lowest BCUT2D eigenvalue weighted by Crippen LogP contribution is -2.32. The Morgan fingerprint density at radius 1 is 1.22 bits per heavy atom. The molecule has 2 heterocycles. The minimum Gasteiger partial charge on any atom is -0.384 e. The molecule has 0 fully saturated rings. The Bertz CT molecular complexity index is 1150. The van der Waals surface area contributed by atoms with Gasteiger partial charge in [0.25, 0.3) is 5.91 Å². The maximum absolute atomic E-state index is 13.2. The molecule has 2 aromatic heterocycles. The number of nitrogen functional groups attached to an aromatic ring is 1. The summed E-state index contributed by atoms with van der Waals surface area (Å²) in [5.41, 5.74) is 4.99. The third-order valence-electron chi connectivity index (χ3n) is 4.17. The van der Waals surface area contributed by atoms with Crippen molar-refractivity contribution < 1.29 is 18.0 Å². The van der Waals surface area contributed by atoms with Crippen molar-refractivity contribution >= 4 is 58.4 Å². The molecule has 0 atom stereocenters. The Morgan fingerprint density at radius 3 is 2.62 bits per heavy atom. The van der Waals surface area contributed by atoms with Crippen molar-refractivity contribution in [1.82, 2.24) is 9.97 Å². The molecular weight excluding hydrogens is 486 g/mol. The molecule has 0 saturated carbocycles. The van der Waals surface area contributed by atoms with Crippen molar-refractivity contribution in [3.8, 4) is 0 Å². The van der Waals surface area contributed by atoms with E-state index in [0.717, 1.165) is 24.1 Å². The number of nitrogens with two attached hydrogens (primary N) is 1. The number of carbonyl (C=O) groups excluding carboxylic acids is 1. The topological polar surface area (TPSA) is 84.1 Å². The molecule has 0 aliphatic heterocycles. The zero-order valence-corrected chi connectivity index (χ0v) is 18.8. The number of rotatable bonds is 6. The van der Waals surface area contributed by atoms with Crippen LogP contribution in [-0.4, -0.2) is 22.4 Å². The van der Waals surface area contributed by atoms with Crippen molar-refractivity contribution in [3.63, 3.8) is 0 Å². The van der Waals surface area contributed by atoms with Gasteiger partial charge in [0, 0.05) is 17.6 Å². The molecule has 3 aromatic rings. The normalized spacial score (nSPS) is 11.3. The number of hydrogen-bond acceptors (Lipinski definition) is 6. The second-order valence-corrected chi connectivity index (χ2v) is 8.09. The summed E-state index contributed by atoms with van der Waals surface area (Å²) in [6.07, 6.45) is -3.30. The number of benzene rings is 1. The molecule has 0 radical (unpaired) electrons. The van der Waals surface area contributed by atoms with Gasteiger partial charge in [0.15, 0.2) is 5.69 Å². The van der Waals surface area contributed by atoms with Crippen LogP contribution in [0.25, 0.3) is 0 Å². The maximum Gasteiger partial charge on any atom is 0.417 e. The van der Waals surface area contributed by atoms with Gasteiger partial charge < -0.3 is 10.5 Å². The van der Waals surface area contributed by atoms with Crippen molar-refractivity contribution in [3.05, 3.63) is 70.0 Å². The van der Waals surface area contributed by atoms with E-state index in [0.29, 0.717) is 5.82 Å². The maximum atomic E-state index is 13.2. The molecule has 32 heavy (non-hydrogen) atoms. The minimum absolute atomic E-state index is 0.0120. The molecule has 0 unspecified atom stereocenters. The Balaban J connectivity index is 1.89. The number of carbonyl (C=O) groups is 1. The Labute approximate surface area is 196 Å². The second kappa shape index (κ2) is 9.85. The fourth-order valence-electron chi connectivity index (χ4n) is 2.71. The molecule has 3 N–H and O–H groups in total. The highest BCUT2D eigenvalue weighted by Crippen LogP contribution is 2.37. The highest BCUT2D eigenvalue weighted by Gasteiger charge is 2.33. The van der Waals surface area contributed by atoms with E-state index >= 15 is 0 Å². The van der Waals surface area contributed by atoms with Crippen LogP contribution in [0.2, 0.25) is 10.0 Å². The van der Waals surface area contributed by atoms with Crippen LogP contribution in [0.4, 0.5) is 30.5 Å². The van der Waals surface area contributed by atoms with E-state index in [4.69, 9.17) is 28.9 Å². The standard InChI is InChI=1S/C20H16Cl2F3N5OS/c1-2-30(17-5-3-4-16(26)28-17)19(31)18-15(8-11(21)10-27-18)29-32-12-6-7-14(22)13(9-12)20(23,24)25/h3-10,29H,2H2,1H3,(H2,26,28). The Hall–Kier alpha value is -2.69. The molecule has 0 saturated heterocycles. The first-order valence-corrected chi connectivity index (χ1v) is 10.7. The molecule has 168 valence electrons. The van der Waals surface area contributed by atoms with Crippen molar-refractivity contribution in [2.45, 2.75) is 18.0 Å². The zero-order valence-electron chi connectivity index (χ0n) is 16.5. The summed E-state index contributed by atoms with van der Waals surface area (Å²) in [6, 6.07) is 9.82. The van der Waals surface area contributed by atoms with Gasteiger partial charge in [-0.25, -0.2) is 9.97 Å². The predicted molar refractivity (Wildman–Crippen MR) is 121 cm³/mol. The van der Waals surface area contributed by atoms with Crippen LogP contribution in [0.5, 0.6) is 0 Å². The van der Waals surface area contributed by atoms with E-state index in [1.165, 1.54) is 23.2 Å². The first kappa shape index (κ1) is 24.0. The van der Waals surface area contributed by atoms with E-state index in [1.54, 1.807) is 25.1 Å². The van der Waals surface area contributed by atoms with Gasteiger partial charge in [0.05, 0.1) is 21.3 Å². The summed E-state index contributed by atoms with van der Waals surface area (Å²) in [4.78, 5) is 23.1. The number of alkyl halides is 3. The molecule has 0 spiro atoms. The second-order valence-electron chi connectivity index (χ2n) is 6.36. The van der Waals surface area contributed by atoms with E-state index in [9.17, 15) is 18.0 Å². The van der Waals surface area contributed by atoms with Crippen LogP contribution in [0.3, 0.4) is 0 Å². The number of halogens is 5. The average molecular weight is 502 g/mol. The minimum atomic E-state index is -4.60. The van der Waals surface area contributed by atoms with E-state index < -0.39 is 22.7 Å². The first-order chi connectivity index (χ1) is 15.1. The molecule has 0 bridgehead atoms. The summed E-state index contributed by atoms with van der Waals surface area (Å²) < 4.78 is 42.2. The fourth-order valence-corrected chi connectivity index (χ4v) is 3.79. The molecule has 0 aliphatic rings. The van der Waals surface area contributed by atoms with E-state index in [-0.39, 0.29) is 33.7 Å². The fraction of sp³-hybridized carbons (Fsp3) is 0.150. The summed E-state index contributed by atoms with van der Waals surface area (Å²) >= 11 is 12.5. The number of nitrogens with zero attached hydrogens (tertiary/aromatic N) is 3. The Morgan fingerprint density at radius 2 is 1.97 bits per heavy atom. The van der Waals surface area contributed by atoms with Crippen molar-refractivity contribution in [2.75, 3.05) is 21.9 Å². The summed E-state index contributed by atoms with van der Waals surface area (Å²) in [5, 5.41) is -0.169. The monoisotopic (exact) mass is 501 g/mol. The lowest BCUT2D eigenvalue weighted by Gasteiger charge is -2.21. The molecule has 12 heteroatoms. The highest BCUT2D eigenvalue weighted by molar-refractivity contribution is 8.00. The van der Waals surface area contributed by atoms with Gasteiger partial charge in [-0.1, -0.05) is 29.3 Å². The number of nitrogens with one attached hydrogen (secondary N) is 1. The smallest absolute Gasteiger partial charge is 0.384 e. The van der Waals surface area contributed by atoms with Gasteiger partial charge in [0.2, 0.25) is 0 Å². The summed E-state index contributed by atoms with van der Waals surface area (Å²) in [5.74, 6) is 0.0905. The van der Waals surface area contributed by atoms with Gasteiger partial charge >= 0.3 is 6.18 Å². The third kappa shape index (κ3) is 5.56. The number of hydrogen-bond donors (Lipinski definition) is 2. The largest absolute Gasteiger partial charge is 0.417 e. The number of amides is 1. The predicted octanol–water partition coefficient (Wildman–Crippen LogP) is 6.17. The number of pyridine rings is 2. The lowest BCUT2D eigenvalue weighted by molar-refractivity contribution is -0.137. The van der Waals surface area contributed by atoms with Gasteiger partial charge in [-0.05, 0) is 55.3 Å². The number of aromatic nitrogens is 2. The van der Waals surface area contributed by atoms with Gasteiger partial charge in [-0.15, -0.1) is 0 Å². The van der Waals surface area contributed by atoms with E-state index in [2.05, 4.69) is 14.7 Å². The quantitative estimate of drug-likeness (QED) is 0.393. The molecule has 1 amide bonds. The van der Waals surface area contributed by atoms with Crippen molar-refractivity contribution in [2.24, 2.45) is 0 Å². The van der Waals surface area contributed by atoms with Crippen LogP contribution in [0.15, 0.2) is 53.6 Å². The summed E-state index contributed by atoms with van der Waals surface area (Å²) in [7, 11) is 0. The number of anilines is 3. The Kier molecular flexibility index (Phi) is 7.37. The average Bonchev–Trinajstić information content (AvgIpc) is 2.73. The third-order valence-corrected chi connectivity index (χ3v) is 5.52.